The molecule has 25 heavy (non-hydrogen) atoms. The van der Waals surface area contributed by atoms with E-state index in [0.29, 0.717) is 18.4 Å². The van der Waals surface area contributed by atoms with Crippen LogP contribution in [0, 0.1) is 16.7 Å². The summed E-state index contributed by atoms with van der Waals surface area (Å²) in [7, 11) is -3.74. The standard InChI is InChI=1S/C19H27NO4S/c1-13(21)17(14-7-5-4-6-8-14)20-25(23,24)12-19-10-9-15(11-16(19)22)18(19,2)3/h4-8,13,15,17,20-21H,9-12H2,1-3H3. The minimum absolute atomic E-state index is 0.0763. The minimum Gasteiger partial charge on any atom is -0.391 e. The van der Waals surface area contributed by atoms with Crippen molar-refractivity contribution in [3.8, 4) is 0 Å². The number of carbonyl (C=O) groups excluding carboxylic acids is 1. The molecule has 0 aliphatic heterocycles. The molecule has 0 amide bonds. The van der Waals surface area contributed by atoms with Crippen LogP contribution in [0.3, 0.4) is 0 Å². The number of sulfonamides is 1. The predicted molar refractivity (Wildman–Crippen MR) is 96.3 cm³/mol. The van der Waals surface area contributed by atoms with Crippen molar-refractivity contribution in [3.63, 3.8) is 0 Å². The van der Waals surface area contributed by atoms with Gasteiger partial charge in [0, 0.05) is 11.8 Å². The van der Waals surface area contributed by atoms with Crippen molar-refractivity contribution >= 4 is 15.8 Å². The van der Waals surface area contributed by atoms with E-state index in [-0.39, 0.29) is 22.9 Å². The average Bonchev–Trinajstić information content (AvgIpc) is 2.87. The number of hydrogen-bond donors (Lipinski definition) is 2. The van der Waals surface area contributed by atoms with Gasteiger partial charge in [0.1, 0.15) is 5.78 Å². The molecule has 2 aliphatic carbocycles. The van der Waals surface area contributed by atoms with Gasteiger partial charge in [-0.15, -0.1) is 0 Å². The lowest BCUT2D eigenvalue weighted by Gasteiger charge is -2.36. The summed E-state index contributed by atoms with van der Waals surface area (Å²) >= 11 is 0. The fourth-order valence-electron chi connectivity index (χ4n) is 4.77. The second kappa shape index (κ2) is 6.18. The zero-order valence-corrected chi connectivity index (χ0v) is 15.8. The summed E-state index contributed by atoms with van der Waals surface area (Å²) in [4.78, 5) is 12.6. The maximum atomic E-state index is 12.9. The molecule has 4 unspecified atom stereocenters. The summed E-state index contributed by atoms with van der Waals surface area (Å²) in [6.07, 6.45) is 1.15. The number of aliphatic hydroxyl groups excluding tert-OH is 1. The van der Waals surface area contributed by atoms with E-state index in [1.54, 1.807) is 19.1 Å². The number of Topliss-reactive ketones (excluding diaryl/α,β-unsaturated/α-hetero) is 1. The quantitative estimate of drug-likeness (QED) is 0.811. The molecule has 4 atom stereocenters. The Bertz CT molecular complexity index is 757. The highest BCUT2D eigenvalue weighted by atomic mass is 32.2. The van der Waals surface area contributed by atoms with Gasteiger partial charge in [0.15, 0.2) is 0 Å². The molecule has 0 spiro atoms. The summed E-state index contributed by atoms with van der Waals surface area (Å²) in [5, 5.41) is 10.1. The molecule has 0 saturated heterocycles. The lowest BCUT2D eigenvalue weighted by Crippen LogP contribution is -2.47. The number of nitrogens with one attached hydrogen (secondary N) is 1. The lowest BCUT2D eigenvalue weighted by atomic mass is 9.70. The number of carbonyl (C=O) groups is 1. The summed E-state index contributed by atoms with van der Waals surface area (Å²) in [6, 6.07) is 8.31. The van der Waals surface area contributed by atoms with Gasteiger partial charge in [-0.1, -0.05) is 44.2 Å². The largest absolute Gasteiger partial charge is 0.391 e. The zero-order valence-electron chi connectivity index (χ0n) is 15.0. The van der Waals surface area contributed by atoms with Gasteiger partial charge in [0.05, 0.1) is 17.9 Å². The Kier molecular flexibility index (Phi) is 4.58. The fraction of sp³-hybridized carbons (Fsp3) is 0.632. The molecule has 2 aliphatic rings. The van der Waals surface area contributed by atoms with Crippen LogP contribution in [-0.2, 0) is 14.8 Å². The van der Waals surface area contributed by atoms with Crippen molar-refractivity contribution < 1.29 is 18.3 Å². The third kappa shape index (κ3) is 3.04. The Balaban J connectivity index is 1.86. The fourth-order valence-corrected chi connectivity index (χ4v) is 6.90. The van der Waals surface area contributed by atoms with Crippen LogP contribution in [-0.4, -0.2) is 31.2 Å². The second-order valence-electron chi connectivity index (χ2n) is 8.17. The predicted octanol–water partition coefficient (Wildman–Crippen LogP) is 2.42. The first kappa shape index (κ1) is 18.5. The highest BCUT2D eigenvalue weighted by molar-refractivity contribution is 7.89. The first-order valence-corrected chi connectivity index (χ1v) is 10.5. The molecule has 2 bridgehead atoms. The molecule has 0 radical (unpaired) electrons. The Morgan fingerprint density at radius 2 is 1.92 bits per heavy atom. The van der Waals surface area contributed by atoms with Crippen LogP contribution >= 0.6 is 0 Å². The lowest BCUT2D eigenvalue weighted by molar-refractivity contribution is -0.128. The molecular formula is C19H27NO4S. The summed E-state index contributed by atoms with van der Waals surface area (Å²) < 4.78 is 28.5. The Morgan fingerprint density at radius 1 is 1.28 bits per heavy atom. The third-order valence-corrected chi connectivity index (χ3v) is 8.01. The summed E-state index contributed by atoms with van der Waals surface area (Å²) in [5.74, 6) is 0.155. The number of rotatable bonds is 6. The van der Waals surface area contributed by atoms with Gasteiger partial charge >= 0.3 is 0 Å². The molecular weight excluding hydrogens is 338 g/mol. The van der Waals surface area contributed by atoms with Crippen molar-refractivity contribution in [1.82, 2.24) is 4.72 Å². The van der Waals surface area contributed by atoms with Crippen molar-refractivity contribution in [1.29, 1.82) is 0 Å². The van der Waals surface area contributed by atoms with Gasteiger partial charge in [-0.25, -0.2) is 13.1 Å². The van der Waals surface area contributed by atoms with Gasteiger partial charge in [-0.05, 0) is 36.7 Å². The van der Waals surface area contributed by atoms with Gasteiger partial charge in [0.25, 0.3) is 0 Å². The monoisotopic (exact) mass is 365 g/mol. The molecule has 138 valence electrons. The molecule has 3 rings (SSSR count). The smallest absolute Gasteiger partial charge is 0.213 e. The Morgan fingerprint density at radius 3 is 2.40 bits per heavy atom. The van der Waals surface area contributed by atoms with E-state index in [2.05, 4.69) is 4.72 Å². The summed E-state index contributed by atoms with van der Waals surface area (Å²) in [5.41, 5.74) is -0.394. The van der Waals surface area contributed by atoms with E-state index < -0.39 is 27.6 Å². The highest BCUT2D eigenvalue weighted by Gasteiger charge is 2.65. The molecule has 2 N–H and O–H groups in total. The van der Waals surface area contributed by atoms with Crippen LogP contribution in [0.2, 0.25) is 0 Å². The van der Waals surface area contributed by atoms with E-state index >= 15 is 0 Å². The first-order valence-electron chi connectivity index (χ1n) is 8.85. The van der Waals surface area contributed by atoms with E-state index in [9.17, 15) is 18.3 Å². The van der Waals surface area contributed by atoms with Crippen molar-refractivity contribution in [3.05, 3.63) is 35.9 Å². The van der Waals surface area contributed by atoms with E-state index in [4.69, 9.17) is 0 Å². The molecule has 6 heteroatoms. The van der Waals surface area contributed by atoms with Crippen LogP contribution in [0.25, 0.3) is 0 Å². The molecule has 0 aromatic heterocycles. The topological polar surface area (TPSA) is 83.5 Å². The number of benzene rings is 1. The Hall–Kier alpha value is -1.24. The van der Waals surface area contributed by atoms with Crippen LogP contribution in [0.4, 0.5) is 0 Å². The maximum Gasteiger partial charge on any atom is 0.213 e. The van der Waals surface area contributed by atoms with Crippen LogP contribution in [0.5, 0.6) is 0 Å². The van der Waals surface area contributed by atoms with Crippen molar-refractivity contribution in [2.75, 3.05) is 5.75 Å². The number of fused-ring (bicyclic) bond motifs is 2. The highest BCUT2D eigenvalue weighted by Crippen LogP contribution is 2.64. The normalized spacial score (nSPS) is 30.4. The third-order valence-electron chi connectivity index (χ3n) is 6.52. The van der Waals surface area contributed by atoms with Gasteiger partial charge < -0.3 is 5.11 Å². The van der Waals surface area contributed by atoms with Gasteiger partial charge in [-0.2, -0.15) is 0 Å². The summed E-state index contributed by atoms with van der Waals surface area (Å²) in [6.45, 7) is 5.61. The van der Waals surface area contributed by atoms with Crippen LogP contribution < -0.4 is 4.72 Å². The van der Waals surface area contributed by atoms with Gasteiger partial charge in [-0.3, -0.25) is 4.79 Å². The molecule has 1 aromatic rings. The second-order valence-corrected chi connectivity index (χ2v) is 9.93. The minimum atomic E-state index is -3.74. The van der Waals surface area contributed by atoms with E-state index in [0.717, 1.165) is 6.42 Å². The molecule has 5 nitrogen and oxygen atoms in total. The molecule has 2 saturated carbocycles. The van der Waals surface area contributed by atoms with Crippen LogP contribution in [0.1, 0.15) is 51.6 Å². The number of ketones is 1. The SMILES string of the molecule is CC(O)C(NS(=O)(=O)CC12CCC(CC1=O)C2(C)C)c1ccccc1. The van der Waals surface area contributed by atoms with E-state index in [1.165, 1.54) is 0 Å². The van der Waals surface area contributed by atoms with Crippen molar-refractivity contribution in [2.24, 2.45) is 16.7 Å². The zero-order chi connectivity index (χ0) is 18.5. The van der Waals surface area contributed by atoms with Crippen LogP contribution in [0.15, 0.2) is 30.3 Å². The number of hydrogen-bond acceptors (Lipinski definition) is 4. The molecule has 2 fully saturated rings. The van der Waals surface area contributed by atoms with Gasteiger partial charge in [0.2, 0.25) is 10.0 Å². The number of aliphatic hydroxyl groups is 1. The molecule has 0 heterocycles. The molecule has 1 aromatic carbocycles. The maximum absolute atomic E-state index is 12.9. The first-order chi connectivity index (χ1) is 11.6. The average molecular weight is 365 g/mol. The Labute approximate surface area is 149 Å². The van der Waals surface area contributed by atoms with E-state index in [1.807, 2.05) is 32.0 Å². The van der Waals surface area contributed by atoms with Crippen molar-refractivity contribution in [2.45, 2.75) is 52.2 Å².